The minimum Gasteiger partial charge on any atom is -0.387 e. The quantitative estimate of drug-likeness (QED) is 0.550. The summed E-state index contributed by atoms with van der Waals surface area (Å²) in [6, 6.07) is 21.9. The lowest BCUT2D eigenvalue weighted by atomic mass is 10.0. The van der Waals surface area contributed by atoms with Gasteiger partial charge >= 0.3 is 0 Å². The fourth-order valence-corrected chi connectivity index (χ4v) is 4.19. The van der Waals surface area contributed by atoms with Gasteiger partial charge in [0.25, 0.3) is 5.91 Å². The van der Waals surface area contributed by atoms with Gasteiger partial charge in [-0.2, -0.15) is 0 Å². The highest BCUT2D eigenvalue weighted by molar-refractivity contribution is 5.94. The molecule has 1 aliphatic rings. The van der Waals surface area contributed by atoms with Crippen LogP contribution in [0.5, 0.6) is 0 Å². The van der Waals surface area contributed by atoms with Crippen LogP contribution in [-0.2, 0) is 13.0 Å². The van der Waals surface area contributed by atoms with Crippen LogP contribution >= 0.6 is 0 Å². The van der Waals surface area contributed by atoms with E-state index in [-0.39, 0.29) is 11.9 Å². The largest absolute Gasteiger partial charge is 0.387 e. The van der Waals surface area contributed by atoms with Crippen LogP contribution in [0, 0.1) is 6.92 Å². The summed E-state index contributed by atoms with van der Waals surface area (Å²) in [5, 5.41) is 17.2. The van der Waals surface area contributed by atoms with E-state index in [1.807, 2.05) is 73.7 Å². The highest BCUT2D eigenvalue weighted by atomic mass is 16.3. The molecule has 1 fully saturated rings. The number of rotatable bonds is 7. The second kappa shape index (κ2) is 9.86. The number of pyridine rings is 1. The van der Waals surface area contributed by atoms with Crippen LogP contribution in [0.1, 0.15) is 51.7 Å². The SMILES string of the molecule is Cc1cccnc1CNC(=O)c1ccc(C[C@@H]2CC[C@H]([C@H](O)c3ccccc3)N2)cc1. The van der Waals surface area contributed by atoms with E-state index in [1.54, 1.807) is 6.20 Å². The molecule has 1 aliphatic heterocycles. The zero-order valence-electron chi connectivity index (χ0n) is 17.8. The molecule has 5 heteroatoms. The van der Waals surface area contributed by atoms with E-state index >= 15 is 0 Å². The number of carbonyl (C=O) groups excluding carboxylic acids is 1. The van der Waals surface area contributed by atoms with Gasteiger partial charge < -0.3 is 15.7 Å². The predicted molar refractivity (Wildman–Crippen MR) is 122 cm³/mol. The van der Waals surface area contributed by atoms with Gasteiger partial charge in [-0.15, -0.1) is 0 Å². The molecule has 4 rings (SSSR count). The monoisotopic (exact) mass is 415 g/mol. The molecule has 1 saturated heterocycles. The van der Waals surface area contributed by atoms with Gasteiger partial charge in [0.2, 0.25) is 0 Å². The molecule has 0 saturated carbocycles. The van der Waals surface area contributed by atoms with Crippen LogP contribution in [0.3, 0.4) is 0 Å². The Labute approximate surface area is 183 Å². The number of aryl methyl sites for hydroxylation is 1. The lowest BCUT2D eigenvalue weighted by Crippen LogP contribution is -2.35. The maximum atomic E-state index is 12.5. The molecule has 1 amide bonds. The van der Waals surface area contributed by atoms with Crippen molar-refractivity contribution in [2.24, 2.45) is 0 Å². The second-order valence-electron chi connectivity index (χ2n) is 8.25. The first-order chi connectivity index (χ1) is 15.1. The summed E-state index contributed by atoms with van der Waals surface area (Å²) in [4.78, 5) is 16.8. The molecular weight excluding hydrogens is 386 g/mol. The smallest absolute Gasteiger partial charge is 0.251 e. The second-order valence-corrected chi connectivity index (χ2v) is 8.25. The molecule has 1 aromatic heterocycles. The minimum absolute atomic E-state index is 0.0764. The standard InChI is InChI=1S/C26H29N3O2/c1-18-6-5-15-27-24(18)17-28-26(31)21-11-9-19(10-12-21)16-22-13-14-23(29-22)25(30)20-7-3-2-4-8-20/h2-12,15,22-23,25,29-30H,13-14,16-17H2,1H3,(H,28,31)/t22-,23+,25+/m0/s1. The molecule has 3 atom stereocenters. The van der Waals surface area contributed by atoms with Gasteiger partial charge in [-0.05, 0) is 61.1 Å². The molecule has 31 heavy (non-hydrogen) atoms. The lowest BCUT2D eigenvalue weighted by Gasteiger charge is -2.20. The molecule has 3 N–H and O–H groups in total. The minimum atomic E-state index is -0.486. The third-order valence-corrected chi connectivity index (χ3v) is 6.03. The molecule has 0 spiro atoms. The van der Waals surface area contributed by atoms with E-state index in [0.29, 0.717) is 18.2 Å². The Bertz CT molecular complexity index is 1000. The molecule has 0 radical (unpaired) electrons. The Hall–Kier alpha value is -3.02. The van der Waals surface area contributed by atoms with Crippen molar-refractivity contribution >= 4 is 5.91 Å². The molecule has 160 valence electrons. The van der Waals surface area contributed by atoms with Crippen LogP contribution in [0.15, 0.2) is 72.9 Å². The first kappa shape index (κ1) is 21.2. The third-order valence-electron chi connectivity index (χ3n) is 6.03. The Morgan fingerprint density at radius 1 is 1.10 bits per heavy atom. The number of aromatic nitrogens is 1. The van der Waals surface area contributed by atoms with Crippen LogP contribution < -0.4 is 10.6 Å². The highest BCUT2D eigenvalue weighted by Gasteiger charge is 2.29. The topological polar surface area (TPSA) is 74.2 Å². The van der Waals surface area contributed by atoms with Crippen molar-refractivity contribution in [3.8, 4) is 0 Å². The van der Waals surface area contributed by atoms with Gasteiger partial charge in [-0.3, -0.25) is 9.78 Å². The van der Waals surface area contributed by atoms with Gasteiger partial charge in [0.15, 0.2) is 0 Å². The molecule has 5 nitrogen and oxygen atoms in total. The Morgan fingerprint density at radius 2 is 1.87 bits per heavy atom. The number of nitrogens with zero attached hydrogens (tertiary/aromatic N) is 1. The van der Waals surface area contributed by atoms with E-state index in [9.17, 15) is 9.90 Å². The van der Waals surface area contributed by atoms with Crippen LogP contribution in [0.4, 0.5) is 0 Å². The van der Waals surface area contributed by atoms with Crippen molar-refractivity contribution in [1.82, 2.24) is 15.6 Å². The summed E-state index contributed by atoms with van der Waals surface area (Å²) in [5.74, 6) is -0.0957. The lowest BCUT2D eigenvalue weighted by molar-refractivity contribution is 0.0950. The van der Waals surface area contributed by atoms with Gasteiger partial charge in [0.1, 0.15) is 0 Å². The summed E-state index contributed by atoms with van der Waals surface area (Å²) in [6.45, 7) is 2.41. The Balaban J connectivity index is 1.29. The molecule has 2 heterocycles. The molecular formula is C26H29N3O2. The van der Waals surface area contributed by atoms with E-state index in [1.165, 1.54) is 5.56 Å². The summed E-state index contributed by atoms with van der Waals surface area (Å²) in [6.07, 6.45) is 4.12. The van der Waals surface area contributed by atoms with E-state index in [2.05, 4.69) is 15.6 Å². The van der Waals surface area contributed by atoms with Gasteiger partial charge in [-0.25, -0.2) is 0 Å². The van der Waals surface area contributed by atoms with Crippen LogP contribution in [-0.4, -0.2) is 28.1 Å². The molecule has 3 aromatic rings. The molecule has 0 unspecified atom stereocenters. The van der Waals surface area contributed by atoms with E-state index in [0.717, 1.165) is 36.1 Å². The summed E-state index contributed by atoms with van der Waals surface area (Å²) in [7, 11) is 0. The summed E-state index contributed by atoms with van der Waals surface area (Å²) >= 11 is 0. The van der Waals surface area contributed by atoms with Crippen molar-refractivity contribution in [1.29, 1.82) is 0 Å². The van der Waals surface area contributed by atoms with Gasteiger partial charge in [0, 0.05) is 23.8 Å². The van der Waals surface area contributed by atoms with Crippen molar-refractivity contribution in [2.75, 3.05) is 0 Å². The maximum Gasteiger partial charge on any atom is 0.251 e. The number of amides is 1. The third kappa shape index (κ3) is 5.37. The number of aliphatic hydroxyl groups excluding tert-OH is 1. The first-order valence-electron chi connectivity index (χ1n) is 10.9. The summed E-state index contributed by atoms with van der Waals surface area (Å²) in [5.41, 5.74) is 4.74. The Kier molecular flexibility index (Phi) is 6.75. The number of nitrogens with one attached hydrogen (secondary N) is 2. The van der Waals surface area contributed by atoms with Crippen molar-refractivity contribution in [3.63, 3.8) is 0 Å². The number of benzene rings is 2. The summed E-state index contributed by atoms with van der Waals surface area (Å²) < 4.78 is 0. The van der Waals surface area contributed by atoms with Crippen molar-refractivity contribution < 1.29 is 9.90 Å². The molecule has 0 bridgehead atoms. The van der Waals surface area contributed by atoms with Crippen LogP contribution in [0.2, 0.25) is 0 Å². The van der Waals surface area contributed by atoms with Crippen molar-refractivity contribution in [3.05, 3.63) is 101 Å². The highest BCUT2D eigenvalue weighted by Crippen LogP contribution is 2.26. The van der Waals surface area contributed by atoms with E-state index in [4.69, 9.17) is 0 Å². The van der Waals surface area contributed by atoms with Crippen LogP contribution in [0.25, 0.3) is 0 Å². The molecule has 0 aliphatic carbocycles. The molecule has 2 aromatic carbocycles. The number of hydrogen-bond donors (Lipinski definition) is 3. The zero-order chi connectivity index (χ0) is 21.6. The maximum absolute atomic E-state index is 12.5. The fourth-order valence-electron chi connectivity index (χ4n) is 4.19. The Morgan fingerprint density at radius 3 is 2.61 bits per heavy atom. The average Bonchev–Trinajstić information content (AvgIpc) is 3.27. The predicted octanol–water partition coefficient (Wildman–Crippen LogP) is 3.72. The van der Waals surface area contributed by atoms with Gasteiger partial charge in [0.05, 0.1) is 18.3 Å². The number of carbonyl (C=O) groups is 1. The van der Waals surface area contributed by atoms with Gasteiger partial charge in [-0.1, -0.05) is 48.5 Å². The fraction of sp³-hybridized carbons (Fsp3) is 0.308. The van der Waals surface area contributed by atoms with E-state index < -0.39 is 6.10 Å². The van der Waals surface area contributed by atoms with Crippen molar-refractivity contribution in [2.45, 2.75) is 50.9 Å². The first-order valence-corrected chi connectivity index (χ1v) is 10.9. The zero-order valence-corrected chi connectivity index (χ0v) is 17.8. The average molecular weight is 416 g/mol. The normalized spacial score (nSPS) is 19.2. The number of hydrogen-bond acceptors (Lipinski definition) is 4. The number of aliphatic hydroxyl groups is 1.